The molecular formula is C19H22F3N5O2S. The fourth-order valence-corrected chi connectivity index (χ4v) is 4.90. The van der Waals surface area contributed by atoms with Crippen molar-refractivity contribution < 1.29 is 22.8 Å². The van der Waals surface area contributed by atoms with Crippen LogP contribution in [0.1, 0.15) is 43.1 Å². The molecule has 2 aromatic rings. The van der Waals surface area contributed by atoms with Gasteiger partial charge in [-0.05, 0) is 51.3 Å². The van der Waals surface area contributed by atoms with Crippen LogP contribution in [-0.2, 0) is 15.7 Å². The number of aryl methyl sites for hydroxylation is 1. The van der Waals surface area contributed by atoms with E-state index in [0.717, 1.165) is 25.2 Å². The number of halogens is 3. The zero-order valence-electron chi connectivity index (χ0n) is 16.7. The van der Waals surface area contributed by atoms with E-state index in [4.69, 9.17) is 11.5 Å². The maximum Gasteiger partial charge on any atom is 0.399 e. The van der Waals surface area contributed by atoms with Gasteiger partial charge < -0.3 is 16.4 Å². The number of hydrogen-bond acceptors (Lipinski definition) is 5. The largest absolute Gasteiger partial charge is 0.399 e. The summed E-state index contributed by atoms with van der Waals surface area (Å²) in [5, 5.41) is 0.298. The summed E-state index contributed by atoms with van der Waals surface area (Å²) in [5.74, 6) is -0.743. The second-order valence-corrected chi connectivity index (χ2v) is 8.80. The highest BCUT2D eigenvalue weighted by molar-refractivity contribution is 7.15. The summed E-state index contributed by atoms with van der Waals surface area (Å²) in [6, 6.07) is 2.17. The lowest BCUT2D eigenvalue weighted by molar-refractivity contribution is -0.181. The van der Waals surface area contributed by atoms with Crippen LogP contribution in [0.2, 0.25) is 0 Å². The Bertz CT molecular complexity index is 1000. The van der Waals surface area contributed by atoms with Crippen molar-refractivity contribution in [3.8, 4) is 10.4 Å². The van der Waals surface area contributed by atoms with Gasteiger partial charge in [0.05, 0.1) is 16.3 Å². The predicted molar refractivity (Wildman–Crippen MR) is 106 cm³/mol. The molecule has 7 nitrogen and oxygen atoms in total. The molecule has 162 valence electrons. The number of nitrogens with two attached hydrogens (primary N) is 2. The minimum Gasteiger partial charge on any atom is -0.367 e. The number of aromatic nitrogens is 2. The lowest BCUT2D eigenvalue weighted by Crippen LogP contribution is -2.55. The minimum atomic E-state index is -4.48. The number of urea groups is 1. The molecule has 3 heterocycles. The van der Waals surface area contributed by atoms with E-state index in [9.17, 15) is 22.8 Å². The molecule has 1 atom stereocenters. The Labute approximate surface area is 175 Å². The topological polar surface area (TPSA) is 115 Å². The standard InChI is InChI=1S/C19H22F3N5O2S/c1-10-13(11-5-7-25-12(9-11)17(2,3)19(20,21)22)30-15(26-10)18(14(23)28)6-4-8-27(18)16(24)29/h5,7,9H,4,6,8H2,1-3H3,(H2,23,28)(H2,24,29). The molecule has 0 aliphatic carbocycles. The summed E-state index contributed by atoms with van der Waals surface area (Å²) >= 11 is 1.11. The molecule has 1 unspecified atom stereocenters. The molecule has 2 aromatic heterocycles. The highest BCUT2D eigenvalue weighted by Crippen LogP contribution is 2.45. The Kier molecular flexibility index (Phi) is 5.30. The second kappa shape index (κ2) is 7.22. The molecular weight excluding hydrogens is 419 g/mol. The Balaban J connectivity index is 2.11. The molecule has 11 heteroatoms. The highest BCUT2D eigenvalue weighted by atomic mass is 32.1. The van der Waals surface area contributed by atoms with Crippen LogP contribution in [0.5, 0.6) is 0 Å². The van der Waals surface area contributed by atoms with Crippen molar-refractivity contribution in [3.05, 3.63) is 34.7 Å². The lowest BCUT2D eigenvalue weighted by atomic mass is 9.87. The Hall–Kier alpha value is -2.69. The molecule has 4 N–H and O–H groups in total. The predicted octanol–water partition coefficient (Wildman–Crippen LogP) is 3.21. The average molecular weight is 441 g/mol. The maximum atomic E-state index is 13.4. The van der Waals surface area contributed by atoms with Crippen molar-refractivity contribution in [2.24, 2.45) is 11.5 Å². The number of carbonyl (C=O) groups is 2. The van der Waals surface area contributed by atoms with E-state index in [1.54, 1.807) is 13.0 Å². The van der Waals surface area contributed by atoms with Crippen molar-refractivity contribution in [1.82, 2.24) is 14.9 Å². The Morgan fingerprint density at radius 2 is 1.93 bits per heavy atom. The van der Waals surface area contributed by atoms with Gasteiger partial charge in [-0.25, -0.2) is 9.78 Å². The monoisotopic (exact) mass is 441 g/mol. The van der Waals surface area contributed by atoms with Gasteiger partial charge in [-0.2, -0.15) is 13.2 Å². The van der Waals surface area contributed by atoms with Crippen LogP contribution in [0.4, 0.5) is 18.0 Å². The van der Waals surface area contributed by atoms with E-state index in [0.29, 0.717) is 27.6 Å². The second-order valence-electron chi connectivity index (χ2n) is 7.80. The highest BCUT2D eigenvalue weighted by Gasteiger charge is 2.52. The molecule has 1 aliphatic rings. The third-order valence-electron chi connectivity index (χ3n) is 5.58. The van der Waals surface area contributed by atoms with Crippen LogP contribution in [0.3, 0.4) is 0 Å². The van der Waals surface area contributed by atoms with E-state index in [2.05, 4.69) is 9.97 Å². The summed E-state index contributed by atoms with van der Waals surface area (Å²) in [6.07, 6.45) is -2.36. The molecule has 3 amide bonds. The van der Waals surface area contributed by atoms with Crippen molar-refractivity contribution >= 4 is 23.3 Å². The SMILES string of the molecule is Cc1nc(C2(C(N)=O)CCCN2C(N)=O)sc1-c1ccnc(C(C)(C)C(F)(F)F)c1. The van der Waals surface area contributed by atoms with Crippen LogP contribution in [0.25, 0.3) is 10.4 Å². The molecule has 0 radical (unpaired) electrons. The lowest BCUT2D eigenvalue weighted by Gasteiger charge is -2.32. The number of pyridine rings is 1. The van der Waals surface area contributed by atoms with Crippen molar-refractivity contribution in [1.29, 1.82) is 0 Å². The third-order valence-corrected chi connectivity index (χ3v) is 6.93. The number of amides is 3. The van der Waals surface area contributed by atoms with Gasteiger partial charge >= 0.3 is 12.2 Å². The molecule has 1 fully saturated rings. The van der Waals surface area contributed by atoms with Gasteiger partial charge in [0.2, 0.25) is 0 Å². The normalized spacial score (nSPS) is 19.9. The van der Waals surface area contributed by atoms with Crippen LogP contribution < -0.4 is 11.5 Å². The quantitative estimate of drug-likeness (QED) is 0.758. The number of primary amides is 2. The van der Waals surface area contributed by atoms with Gasteiger partial charge in [-0.15, -0.1) is 11.3 Å². The Morgan fingerprint density at radius 1 is 1.27 bits per heavy atom. The van der Waals surface area contributed by atoms with Crippen LogP contribution >= 0.6 is 11.3 Å². The number of nitrogens with zero attached hydrogens (tertiary/aromatic N) is 3. The van der Waals surface area contributed by atoms with Gasteiger partial charge in [0, 0.05) is 12.7 Å². The van der Waals surface area contributed by atoms with Crippen molar-refractivity contribution in [3.63, 3.8) is 0 Å². The van der Waals surface area contributed by atoms with Gasteiger partial charge in [0.1, 0.15) is 10.4 Å². The molecule has 0 saturated carbocycles. The van der Waals surface area contributed by atoms with E-state index < -0.39 is 29.1 Å². The fraction of sp³-hybridized carbons (Fsp3) is 0.474. The molecule has 1 saturated heterocycles. The van der Waals surface area contributed by atoms with Crippen molar-refractivity contribution in [2.75, 3.05) is 6.54 Å². The number of carbonyl (C=O) groups excluding carboxylic acids is 2. The molecule has 3 rings (SSSR count). The van der Waals surface area contributed by atoms with Crippen LogP contribution in [0.15, 0.2) is 18.3 Å². The molecule has 1 aliphatic heterocycles. The third kappa shape index (κ3) is 3.30. The first-order valence-corrected chi connectivity index (χ1v) is 10.0. The van der Waals surface area contributed by atoms with Gasteiger partial charge in [-0.3, -0.25) is 9.78 Å². The first-order valence-electron chi connectivity index (χ1n) is 9.21. The first kappa shape index (κ1) is 22.0. The summed E-state index contributed by atoms with van der Waals surface area (Å²) in [7, 11) is 0. The number of likely N-dealkylation sites (tertiary alicyclic amines) is 1. The summed E-state index contributed by atoms with van der Waals surface area (Å²) < 4.78 is 40.3. The number of rotatable bonds is 4. The minimum absolute atomic E-state index is 0.133. The van der Waals surface area contributed by atoms with Gasteiger partial charge in [-0.1, -0.05) is 0 Å². The molecule has 0 bridgehead atoms. The maximum absolute atomic E-state index is 13.4. The smallest absolute Gasteiger partial charge is 0.367 e. The van der Waals surface area contributed by atoms with E-state index in [1.165, 1.54) is 17.2 Å². The van der Waals surface area contributed by atoms with Crippen LogP contribution in [-0.4, -0.2) is 39.5 Å². The summed E-state index contributed by atoms with van der Waals surface area (Å²) in [5.41, 5.74) is 8.38. The zero-order valence-corrected chi connectivity index (χ0v) is 17.5. The number of thiazole rings is 1. The summed E-state index contributed by atoms with van der Waals surface area (Å²) in [6.45, 7) is 4.08. The summed E-state index contributed by atoms with van der Waals surface area (Å²) in [4.78, 5) is 34.5. The molecule has 0 aromatic carbocycles. The number of alkyl halides is 3. The van der Waals surface area contributed by atoms with E-state index in [1.807, 2.05) is 0 Å². The molecule has 0 spiro atoms. The van der Waals surface area contributed by atoms with Crippen molar-refractivity contribution in [2.45, 2.75) is 50.7 Å². The van der Waals surface area contributed by atoms with Crippen LogP contribution in [0, 0.1) is 6.92 Å². The van der Waals surface area contributed by atoms with Gasteiger partial charge in [0.15, 0.2) is 5.54 Å². The Morgan fingerprint density at radius 3 is 2.50 bits per heavy atom. The van der Waals surface area contributed by atoms with E-state index in [-0.39, 0.29) is 18.7 Å². The number of hydrogen-bond donors (Lipinski definition) is 2. The first-order chi connectivity index (χ1) is 13.8. The average Bonchev–Trinajstić information content (AvgIpc) is 3.25. The zero-order chi connectivity index (χ0) is 22.5. The fourth-order valence-electron chi connectivity index (χ4n) is 3.60. The van der Waals surface area contributed by atoms with E-state index >= 15 is 0 Å². The van der Waals surface area contributed by atoms with Gasteiger partial charge in [0.25, 0.3) is 5.91 Å². The molecule has 30 heavy (non-hydrogen) atoms.